The molecule has 21 heavy (non-hydrogen) atoms. The van der Waals surface area contributed by atoms with Crippen molar-refractivity contribution >= 4 is 14.7 Å². The average molecular weight is 299 g/mol. The molecule has 1 aromatic carbocycles. The molecule has 1 aliphatic carbocycles. The maximum atomic E-state index is 2.56. The minimum atomic E-state index is -0.267. The summed E-state index contributed by atoms with van der Waals surface area (Å²) in [5, 5.41) is 3.40. The quantitative estimate of drug-likeness (QED) is 0.482. The molecule has 0 saturated carbocycles. The first-order chi connectivity index (χ1) is 10.2. The lowest BCUT2D eigenvalue weighted by Crippen LogP contribution is -2.17. The fourth-order valence-electron chi connectivity index (χ4n) is 3.23. The van der Waals surface area contributed by atoms with Crippen molar-refractivity contribution in [1.29, 1.82) is 0 Å². The highest BCUT2D eigenvalue weighted by Crippen LogP contribution is 2.33. The van der Waals surface area contributed by atoms with Crippen LogP contribution in [-0.2, 0) is 0 Å². The van der Waals surface area contributed by atoms with E-state index < -0.39 is 0 Å². The van der Waals surface area contributed by atoms with Crippen molar-refractivity contribution in [2.24, 2.45) is 5.92 Å². The lowest BCUT2D eigenvalue weighted by Gasteiger charge is -2.13. The van der Waals surface area contributed by atoms with Crippen LogP contribution in [0.25, 0.3) is 0 Å². The van der Waals surface area contributed by atoms with Crippen LogP contribution >= 0.6 is 0 Å². The molecule has 1 heteroatoms. The first-order valence-electron chi connectivity index (χ1n) is 8.69. The summed E-state index contributed by atoms with van der Waals surface area (Å²) in [6.45, 7) is 7.02. The third-order valence-corrected chi connectivity index (χ3v) is 6.68. The van der Waals surface area contributed by atoms with Gasteiger partial charge in [-0.1, -0.05) is 86.0 Å². The summed E-state index contributed by atoms with van der Waals surface area (Å²) >= 11 is 0. The van der Waals surface area contributed by atoms with Crippen LogP contribution in [0.15, 0.2) is 52.8 Å². The molecule has 0 nitrogen and oxygen atoms in total. The molecule has 0 N–H and O–H groups in total. The van der Waals surface area contributed by atoms with Gasteiger partial charge in [0.1, 0.15) is 0 Å². The van der Waals surface area contributed by atoms with Gasteiger partial charge in [-0.05, 0) is 37.2 Å². The summed E-state index contributed by atoms with van der Waals surface area (Å²) < 4.78 is 0. The number of hydrogen-bond donors (Lipinski definition) is 0. The molecule has 1 aromatic rings. The van der Waals surface area contributed by atoms with Gasteiger partial charge in [0.05, 0.1) is 9.52 Å². The Balaban J connectivity index is 2.06. The first-order valence-corrected chi connectivity index (χ1v) is 10.1. The minimum Gasteiger partial charge on any atom is -0.0752 e. The molecular weight excluding hydrogens is 268 g/mol. The van der Waals surface area contributed by atoms with Crippen molar-refractivity contribution in [3.05, 3.63) is 52.8 Å². The second-order valence-electron chi connectivity index (χ2n) is 6.47. The van der Waals surface area contributed by atoms with Gasteiger partial charge in [0.25, 0.3) is 0 Å². The monoisotopic (exact) mass is 298 g/mol. The smallest absolute Gasteiger partial charge is 0.0752 e. The van der Waals surface area contributed by atoms with Gasteiger partial charge in [-0.2, -0.15) is 0 Å². The van der Waals surface area contributed by atoms with E-state index in [4.69, 9.17) is 0 Å². The van der Waals surface area contributed by atoms with Crippen LogP contribution in [0.5, 0.6) is 0 Å². The molecular formula is C20H30Si. The second kappa shape index (κ2) is 8.38. The van der Waals surface area contributed by atoms with E-state index in [-0.39, 0.29) is 9.52 Å². The van der Waals surface area contributed by atoms with Gasteiger partial charge in [-0.3, -0.25) is 0 Å². The zero-order chi connectivity index (χ0) is 15.1. The summed E-state index contributed by atoms with van der Waals surface area (Å²) in [5.41, 5.74) is 3.40. The summed E-state index contributed by atoms with van der Waals surface area (Å²) in [4.78, 5) is 0. The summed E-state index contributed by atoms with van der Waals surface area (Å²) in [6.07, 6.45) is 10.5. The van der Waals surface area contributed by atoms with E-state index in [9.17, 15) is 0 Å². The van der Waals surface area contributed by atoms with Gasteiger partial charge in [-0.25, -0.2) is 0 Å². The summed E-state index contributed by atoms with van der Waals surface area (Å²) in [5.74, 6) is 0.736. The van der Waals surface area contributed by atoms with Gasteiger partial charge in [-0.15, -0.1) is 0 Å². The molecule has 0 radical (unpaired) electrons. The Morgan fingerprint density at radius 3 is 2.52 bits per heavy atom. The molecule has 0 aliphatic heterocycles. The van der Waals surface area contributed by atoms with E-state index in [1.807, 2.05) is 5.20 Å². The van der Waals surface area contributed by atoms with E-state index in [1.54, 1.807) is 16.3 Å². The van der Waals surface area contributed by atoms with Gasteiger partial charge < -0.3 is 0 Å². The molecule has 0 heterocycles. The Labute approximate surface area is 133 Å². The zero-order valence-electron chi connectivity index (χ0n) is 14.0. The van der Waals surface area contributed by atoms with E-state index in [0.717, 1.165) is 5.92 Å². The van der Waals surface area contributed by atoms with Crippen LogP contribution in [-0.4, -0.2) is 9.52 Å². The topological polar surface area (TPSA) is 0 Å². The fraction of sp³-hybridized carbons (Fsp3) is 0.500. The summed E-state index contributed by atoms with van der Waals surface area (Å²) in [7, 11) is -0.267. The molecule has 0 aromatic heterocycles. The molecule has 0 spiro atoms. The van der Waals surface area contributed by atoms with Crippen LogP contribution in [0, 0.1) is 5.92 Å². The highest BCUT2D eigenvalue weighted by atomic mass is 28.2. The average Bonchev–Trinajstić information content (AvgIpc) is 2.90. The lowest BCUT2D eigenvalue weighted by molar-refractivity contribution is 0.669. The third kappa shape index (κ3) is 4.71. The number of hydrogen-bond acceptors (Lipinski definition) is 0. The van der Waals surface area contributed by atoms with Crippen molar-refractivity contribution in [2.75, 3.05) is 0 Å². The molecule has 0 bridgehead atoms. The maximum absolute atomic E-state index is 2.56. The van der Waals surface area contributed by atoms with E-state index in [1.165, 1.54) is 38.5 Å². The predicted molar refractivity (Wildman–Crippen MR) is 97.9 cm³/mol. The normalized spacial score (nSPS) is 16.8. The fourth-order valence-corrected chi connectivity index (χ4v) is 5.33. The number of rotatable bonds is 8. The summed E-state index contributed by atoms with van der Waals surface area (Å²) in [6, 6.07) is 11.2. The van der Waals surface area contributed by atoms with Crippen molar-refractivity contribution in [2.45, 2.75) is 59.3 Å². The van der Waals surface area contributed by atoms with Crippen LogP contribution in [0.3, 0.4) is 0 Å². The molecule has 0 saturated heterocycles. The largest absolute Gasteiger partial charge is 0.0832 e. The maximum Gasteiger partial charge on any atom is 0.0832 e. The van der Waals surface area contributed by atoms with Gasteiger partial charge >= 0.3 is 0 Å². The Morgan fingerprint density at radius 1 is 1.10 bits per heavy atom. The molecule has 114 valence electrons. The lowest BCUT2D eigenvalue weighted by atomic mass is 9.99. The Hall–Kier alpha value is -1.08. The van der Waals surface area contributed by atoms with Crippen molar-refractivity contribution in [3.63, 3.8) is 0 Å². The second-order valence-corrected chi connectivity index (χ2v) is 8.49. The number of benzene rings is 1. The van der Waals surface area contributed by atoms with Crippen molar-refractivity contribution in [1.82, 2.24) is 0 Å². The number of allylic oxidation sites excluding steroid dienone is 4. The third-order valence-electron chi connectivity index (χ3n) is 4.71. The van der Waals surface area contributed by atoms with E-state index >= 15 is 0 Å². The zero-order valence-corrected chi connectivity index (χ0v) is 15.4. The van der Waals surface area contributed by atoms with Gasteiger partial charge in [0, 0.05) is 0 Å². The molecule has 1 unspecified atom stereocenters. The van der Waals surface area contributed by atoms with Crippen LogP contribution in [0.1, 0.15) is 59.3 Å². The number of unbranched alkanes of at least 4 members (excludes halogenated alkanes) is 2. The van der Waals surface area contributed by atoms with E-state index in [0.29, 0.717) is 0 Å². The molecule has 0 fully saturated rings. The highest BCUT2D eigenvalue weighted by Gasteiger charge is 2.19. The highest BCUT2D eigenvalue weighted by molar-refractivity contribution is 6.61. The molecule has 1 atom stereocenters. The van der Waals surface area contributed by atoms with Crippen LogP contribution in [0.2, 0.25) is 0 Å². The predicted octanol–water partition coefficient (Wildman–Crippen LogP) is 4.69. The van der Waals surface area contributed by atoms with Crippen molar-refractivity contribution in [3.8, 4) is 0 Å². The van der Waals surface area contributed by atoms with Gasteiger partial charge in [0.2, 0.25) is 0 Å². The Bertz CT molecular complexity index is 496. The van der Waals surface area contributed by atoms with Crippen molar-refractivity contribution < 1.29 is 0 Å². The Kier molecular flexibility index (Phi) is 6.50. The molecule has 0 amide bonds. The van der Waals surface area contributed by atoms with E-state index in [2.05, 4.69) is 57.2 Å². The molecule has 1 aliphatic rings. The standard InChI is InChI=1S/C20H30Si/c1-4-6-8-11-17-14-19(16(3)5-2)20(15-17)21-18-12-9-7-10-13-18/h7,9-10,12-14,16H,4-6,8,11,15,21H2,1-3H3. The molecule has 2 rings (SSSR count). The first kappa shape index (κ1) is 16.3. The van der Waals surface area contributed by atoms with Gasteiger partial charge in [0.15, 0.2) is 0 Å². The van der Waals surface area contributed by atoms with Crippen LogP contribution < -0.4 is 5.19 Å². The Morgan fingerprint density at radius 2 is 1.86 bits per heavy atom. The van der Waals surface area contributed by atoms with Crippen LogP contribution in [0.4, 0.5) is 0 Å². The SMILES string of the molecule is CCCCCC1=CC(C(C)CC)=C([SiH2]c2ccccc2)C1. The minimum absolute atomic E-state index is 0.267.